The molecule has 0 saturated heterocycles. The van der Waals surface area contributed by atoms with Crippen molar-refractivity contribution in [3.05, 3.63) is 108 Å². The number of rotatable bonds is 24. The molecule has 2 unspecified atom stereocenters. The lowest BCUT2D eigenvalue weighted by Gasteiger charge is -2.42. The van der Waals surface area contributed by atoms with E-state index in [1.165, 1.54) is 0 Å². The molecular weight excluding hydrogens is 663 g/mol. The van der Waals surface area contributed by atoms with Gasteiger partial charge in [-0.05, 0) is 68.7 Å². The van der Waals surface area contributed by atoms with Gasteiger partial charge in [0.05, 0.1) is 71.8 Å². The minimum atomic E-state index is -1.57. The first-order valence-electron chi connectivity index (χ1n) is 17.1. The lowest BCUT2D eigenvalue weighted by molar-refractivity contribution is -0.112. The first-order chi connectivity index (χ1) is 24.7. The molecule has 0 aliphatic rings. The van der Waals surface area contributed by atoms with E-state index in [2.05, 4.69) is 63.1 Å². The standard InChI is InChI=1S/C41H53N2O7P/c1-9-26-46-29-40(30-47-27-10-2,32-50-51(49-28-14-25-42)43(33(3)4)34(5)6)31-48-41(35-15-12-11-13-16-35,36-17-21-38(44-7)22-18-36)37-19-23-39(45-8)24-20-37/h1,10-13,15-24,33-34H,2,14,26-32H2,3-8H3. The maximum absolute atomic E-state index is 9.26. The zero-order valence-corrected chi connectivity index (χ0v) is 31.8. The molecule has 0 aromatic heterocycles. The van der Waals surface area contributed by atoms with Gasteiger partial charge in [0.25, 0.3) is 8.53 Å². The Kier molecular flexibility index (Phi) is 17.6. The summed E-state index contributed by atoms with van der Waals surface area (Å²) in [6, 6.07) is 28.3. The molecule has 0 aliphatic heterocycles. The van der Waals surface area contributed by atoms with Crippen LogP contribution >= 0.6 is 8.53 Å². The van der Waals surface area contributed by atoms with Gasteiger partial charge < -0.3 is 32.7 Å². The fraction of sp³-hybridized carbons (Fsp3) is 0.439. The van der Waals surface area contributed by atoms with Gasteiger partial charge in [0.15, 0.2) is 0 Å². The van der Waals surface area contributed by atoms with Crippen molar-refractivity contribution in [3.63, 3.8) is 0 Å². The maximum Gasteiger partial charge on any atom is 0.259 e. The highest BCUT2D eigenvalue weighted by Crippen LogP contribution is 2.48. The molecule has 0 bridgehead atoms. The Morgan fingerprint density at radius 1 is 0.784 bits per heavy atom. The molecule has 0 radical (unpaired) electrons. The Morgan fingerprint density at radius 3 is 1.82 bits per heavy atom. The van der Waals surface area contributed by atoms with Gasteiger partial charge in [0.2, 0.25) is 0 Å². The number of hydrogen-bond donors (Lipinski definition) is 0. The monoisotopic (exact) mass is 716 g/mol. The van der Waals surface area contributed by atoms with Crippen molar-refractivity contribution in [2.24, 2.45) is 5.41 Å². The number of nitriles is 1. The van der Waals surface area contributed by atoms with Crippen LogP contribution in [-0.2, 0) is 28.9 Å². The normalized spacial score (nSPS) is 13.4. The van der Waals surface area contributed by atoms with Crippen molar-refractivity contribution in [1.82, 2.24) is 4.67 Å². The van der Waals surface area contributed by atoms with E-state index in [0.29, 0.717) is 6.61 Å². The second kappa shape index (κ2) is 21.6. The van der Waals surface area contributed by atoms with Gasteiger partial charge >= 0.3 is 0 Å². The summed E-state index contributed by atoms with van der Waals surface area (Å²) in [5.74, 6) is 4.03. The van der Waals surface area contributed by atoms with Crippen molar-refractivity contribution in [3.8, 4) is 29.9 Å². The molecule has 0 saturated carbocycles. The summed E-state index contributed by atoms with van der Waals surface area (Å²) in [4.78, 5) is 0. The minimum Gasteiger partial charge on any atom is -0.497 e. The molecule has 0 N–H and O–H groups in total. The minimum absolute atomic E-state index is 0.0988. The van der Waals surface area contributed by atoms with Gasteiger partial charge in [-0.3, -0.25) is 0 Å². The van der Waals surface area contributed by atoms with Crippen LogP contribution in [0.15, 0.2) is 91.5 Å². The van der Waals surface area contributed by atoms with Crippen LogP contribution < -0.4 is 9.47 Å². The first kappa shape index (κ1) is 41.7. The Morgan fingerprint density at radius 2 is 1.33 bits per heavy atom. The average molecular weight is 717 g/mol. The van der Waals surface area contributed by atoms with Crippen molar-refractivity contribution in [1.29, 1.82) is 5.26 Å². The highest BCUT2D eigenvalue weighted by molar-refractivity contribution is 7.44. The number of benzene rings is 3. The van der Waals surface area contributed by atoms with Crippen LogP contribution in [0.2, 0.25) is 0 Å². The average Bonchev–Trinajstić information content (AvgIpc) is 3.14. The molecule has 10 heteroatoms. The van der Waals surface area contributed by atoms with E-state index in [1.807, 2.05) is 66.7 Å². The van der Waals surface area contributed by atoms with Crippen LogP contribution in [0.4, 0.5) is 0 Å². The van der Waals surface area contributed by atoms with Crippen molar-refractivity contribution < 1.29 is 32.7 Å². The number of ether oxygens (including phenoxy) is 5. The van der Waals surface area contributed by atoms with E-state index in [1.54, 1.807) is 20.3 Å². The van der Waals surface area contributed by atoms with Gasteiger partial charge in [-0.15, -0.1) is 13.0 Å². The highest BCUT2D eigenvalue weighted by Gasteiger charge is 2.43. The summed E-state index contributed by atoms with van der Waals surface area (Å²) in [6.07, 6.45) is 7.59. The van der Waals surface area contributed by atoms with Gasteiger partial charge in [0, 0.05) is 12.1 Å². The second-order valence-electron chi connectivity index (χ2n) is 12.6. The van der Waals surface area contributed by atoms with Crippen LogP contribution in [0.25, 0.3) is 0 Å². The third kappa shape index (κ3) is 11.6. The Balaban J connectivity index is 2.20. The van der Waals surface area contributed by atoms with Gasteiger partial charge in [0.1, 0.15) is 23.7 Å². The van der Waals surface area contributed by atoms with Crippen molar-refractivity contribution >= 4 is 8.53 Å². The van der Waals surface area contributed by atoms with E-state index in [4.69, 9.17) is 39.2 Å². The molecule has 0 aliphatic carbocycles. The fourth-order valence-electron chi connectivity index (χ4n) is 5.78. The lowest BCUT2D eigenvalue weighted by atomic mass is 9.79. The topological polar surface area (TPSA) is 91.6 Å². The predicted molar refractivity (Wildman–Crippen MR) is 203 cm³/mol. The van der Waals surface area contributed by atoms with Crippen LogP contribution in [0, 0.1) is 29.1 Å². The van der Waals surface area contributed by atoms with Crippen LogP contribution in [-0.4, -0.2) is 77.2 Å². The highest BCUT2D eigenvalue weighted by atomic mass is 31.2. The predicted octanol–water partition coefficient (Wildman–Crippen LogP) is 8.14. The number of nitrogens with zero attached hydrogens (tertiary/aromatic N) is 2. The second-order valence-corrected chi connectivity index (χ2v) is 14.1. The molecule has 3 aromatic rings. The quantitative estimate of drug-likeness (QED) is 0.0300. The molecule has 2 atom stereocenters. The maximum atomic E-state index is 9.26. The molecule has 9 nitrogen and oxygen atoms in total. The Labute approximate surface area is 306 Å². The summed E-state index contributed by atoms with van der Waals surface area (Å²) < 4.78 is 45.9. The fourth-order valence-corrected chi connectivity index (χ4v) is 7.50. The summed E-state index contributed by atoms with van der Waals surface area (Å²) in [5.41, 5.74) is 0.737. The molecule has 0 fully saturated rings. The molecule has 0 amide bonds. The van der Waals surface area contributed by atoms with Crippen molar-refractivity contribution in [2.45, 2.75) is 51.8 Å². The number of methoxy groups -OCH3 is 2. The van der Waals surface area contributed by atoms with E-state index in [-0.39, 0.29) is 58.1 Å². The zero-order valence-electron chi connectivity index (χ0n) is 30.9. The van der Waals surface area contributed by atoms with E-state index >= 15 is 0 Å². The summed E-state index contributed by atoms with van der Waals surface area (Å²) in [5, 5.41) is 9.26. The molecule has 0 spiro atoms. The van der Waals surface area contributed by atoms with E-state index < -0.39 is 19.5 Å². The van der Waals surface area contributed by atoms with Gasteiger partial charge in [-0.25, -0.2) is 4.67 Å². The SMILES string of the molecule is C#CCOCC(COCC=C)(COP(OCCC#N)N(C(C)C)C(C)C)COC(c1ccccc1)(c1ccc(OC)cc1)c1ccc(OC)cc1. The third-order valence-electron chi connectivity index (χ3n) is 8.15. The smallest absolute Gasteiger partial charge is 0.259 e. The number of hydrogen-bond acceptors (Lipinski definition) is 9. The molecule has 51 heavy (non-hydrogen) atoms. The Bertz CT molecular complexity index is 1470. The summed E-state index contributed by atoms with van der Waals surface area (Å²) in [7, 11) is 1.72. The van der Waals surface area contributed by atoms with Crippen molar-refractivity contribution in [2.75, 3.05) is 60.5 Å². The molecular formula is C41H53N2O7P. The molecule has 0 heterocycles. The van der Waals surface area contributed by atoms with E-state index in [0.717, 1.165) is 28.2 Å². The summed E-state index contributed by atoms with van der Waals surface area (Å²) in [6.45, 7) is 13.6. The van der Waals surface area contributed by atoms with Crippen LogP contribution in [0.3, 0.4) is 0 Å². The third-order valence-corrected chi connectivity index (χ3v) is 10.2. The zero-order chi connectivity index (χ0) is 37.1. The largest absolute Gasteiger partial charge is 0.497 e. The number of terminal acetylenes is 1. The molecule has 3 rings (SSSR count). The first-order valence-corrected chi connectivity index (χ1v) is 18.2. The lowest BCUT2D eigenvalue weighted by Crippen LogP contribution is -2.46. The molecule has 274 valence electrons. The van der Waals surface area contributed by atoms with Gasteiger partial charge in [-0.1, -0.05) is 66.6 Å². The summed E-state index contributed by atoms with van der Waals surface area (Å²) >= 11 is 0. The van der Waals surface area contributed by atoms with E-state index in [9.17, 15) is 5.26 Å². The molecule has 3 aromatic carbocycles. The van der Waals surface area contributed by atoms with Gasteiger partial charge in [-0.2, -0.15) is 5.26 Å². The van der Waals surface area contributed by atoms with Crippen LogP contribution in [0.5, 0.6) is 11.5 Å². The van der Waals surface area contributed by atoms with Crippen LogP contribution in [0.1, 0.15) is 50.8 Å². The Hall–Kier alpha value is -3.76.